The number of rotatable bonds is 4. The zero-order chi connectivity index (χ0) is 18.0. The third-order valence-electron chi connectivity index (χ3n) is 4.50. The molecule has 1 heterocycles. The largest absolute Gasteiger partial charge is 0.352 e. The Morgan fingerprint density at radius 1 is 1.16 bits per heavy atom. The van der Waals surface area contributed by atoms with Crippen molar-refractivity contribution in [2.75, 3.05) is 6.54 Å². The molecule has 2 aromatic carbocycles. The molecule has 0 fully saturated rings. The number of hydrogen-bond donors (Lipinski definition) is 1. The molecule has 1 aliphatic rings. The molecule has 0 aliphatic carbocycles. The first kappa shape index (κ1) is 17.0. The molecule has 1 unspecified atom stereocenters. The van der Waals surface area contributed by atoms with Gasteiger partial charge in [0.15, 0.2) is 0 Å². The number of carbonyl (C=O) groups is 2. The van der Waals surface area contributed by atoms with Crippen molar-refractivity contribution in [3.05, 3.63) is 69.5 Å². The lowest BCUT2D eigenvalue weighted by Gasteiger charge is -2.14. The summed E-state index contributed by atoms with van der Waals surface area (Å²) in [6, 6.07) is 9.33. The summed E-state index contributed by atoms with van der Waals surface area (Å²) in [6.07, 6.45) is 2.39. The number of hydrogen-bond acceptors (Lipinski definition) is 2. The van der Waals surface area contributed by atoms with Gasteiger partial charge in [-0.3, -0.25) is 9.59 Å². The number of fused-ring (bicyclic) bond motifs is 1. The highest BCUT2D eigenvalue weighted by atomic mass is 19.1. The number of nitrogens with zero attached hydrogens (tertiary/aromatic N) is 1. The lowest BCUT2D eigenvalue weighted by atomic mass is 9.98. The topological polar surface area (TPSA) is 58.5 Å². The minimum absolute atomic E-state index is 0.183. The minimum Gasteiger partial charge on any atom is -0.352 e. The molecule has 5 heteroatoms. The molecule has 3 rings (SSSR count). The molecule has 2 amide bonds. The summed E-state index contributed by atoms with van der Waals surface area (Å²) in [6.45, 7) is 4.30. The summed E-state index contributed by atoms with van der Waals surface area (Å²) in [5.74, 6) is -1.20. The van der Waals surface area contributed by atoms with Crippen LogP contribution in [-0.4, -0.2) is 18.4 Å². The highest BCUT2D eigenvalue weighted by Crippen LogP contribution is 2.10. The van der Waals surface area contributed by atoms with Crippen LogP contribution in [0.15, 0.2) is 41.4 Å². The first-order valence-electron chi connectivity index (χ1n) is 8.20. The van der Waals surface area contributed by atoms with Crippen LogP contribution in [0.1, 0.15) is 27.9 Å². The molecule has 0 saturated carbocycles. The van der Waals surface area contributed by atoms with Gasteiger partial charge >= 0.3 is 0 Å². The van der Waals surface area contributed by atoms with Crippen molar-refractivity contribution in [1.82, 2.24) is 5.32 Å². The monoisotopic (exact) mass is 338 g/mol. The van der Waals surface area contributed by atoms with Gasteiger partial charge in [0.1, 0.15) is 5.82 Å². The van der Waals surface area contributed by atoms with Crippen LogP contribution in [0, 0.1) is 25.6 Å². The lowest BCUT2D eigenvalue weighted by molar-refractivity contribution is -0.120. The van der Waals surface area contributed by atoms with E-state index in [1.807, 2.05) is 32.1 Å². The number of halogens is 1. The average molecular weight is 338 g/mol. The highest BCUT2D eigenvalue weighted by Gasteiger charge is 2.19. The van der Waals surface area contributed by atoms with Crippen molar-refractivity contribution in [2.24, 2.45) is 10.9 Å². The molecule has 128 valence electrons. The van der Waals surface area contributed by atoms with Crippen LogP contribution in [0.4, 0.5) is 4.39 Å². The molecule has 0 saturated heterocycles. The summed E-state index contributed by atoms with van der Waals surface area (Å²) < 4.78 is 12.9. The number of amides is 2. The molecular weight excluding hydrogens is 319 g/mol. The molecule has 0 aromatic heterocycles. The Labute approximate surface area is 145 Å². The Balaban J connectivity index is 1.66. The molecular formula is C20H19FN2O2. The fraction of sp³-hybridized carbons (Fsp3) is 0.250. The van der Waals surface area contributed by atoms with Gasteiger partial charge in [0.2, 0.25) is 0 Å². The summed E-state index contributed by atoms with van der Waals surface area (Å²) in [4.78, 5) is 28.5. The predicted molar refractivity (Wildman–Crippen MR) is 93.0 cm³/mol. The van der Waals surface area contributed by atoms with E-state index in [4.69, 9.17) is 0 Å². The van der Waals surface area contributed by atoms with Crippen molar-refractivity contribution < 1.29 is 14.0 Å². The van der Waals surface area contributed by atoms with E-state index in [-0.39, 0.29) is 23.5 Å². The first-order chi connectivity index (χ1) is 12.0. The van der Waals surface area contributed by atoms with Gasteiger partial charge in [-0.15, -0.1) is 0 Å². The second-order valence-electron chi connectivity index (χ2n) is 6.22. The van der Waals surface area contributed by atoms with Crippen molar-refractivity contribution in [3.8, 4) is 0 Å². The average Bonchev–Trinajstić information content (AvgIpc) is 2.60. The van der Waals surface area contributed by atoms with Gasteiger partial charge in [0.25, 0.3) is 11.8 Å². The van der Waals surface area contributed by atoms with Crippen LogP contribution in [-0.2, 0) is 4.79 Å². The third kappa shape index (κ3) is 3.65. The van der Waals surface area contributed by atoms with E-state index in [1.165, 1.54) is 24.3 Å². The Bertz CT molecular complexity index is 949. The molecule has 1 N–H and O–H groups in total. The molecule has 2 aromatic rings. The van der Waals surface area contributed by atoms with Gasteiger partial charge in [-0.1, -0.05) is 18.2 Å². The van der Waals surface area contributed by atoms with E-state index in [0.717, 1.165) is 21.7 Å². The second-order valence-corrected chi connectivity index (χ2v) is 6.22. The van der Waals surface area contributed by atoms with E-state index >= 15 is 0 Å². The minimum atomic E-state index is -0.384. The van der Waals surface area contributed by atoms with Crippen LogP contribution < -0.4 is 15.9 Å². The van der Waals surface area contributed by atoms with Gasteiger partial charge in [0.05, 0.1) is 11.3 Å². The summed E-state index contributed by atoms with van der Waals surface area (Å²) in [5.41, 5.74) is 2.51. The summed E-state index contributed by atoms with van der Waals surface area (Å²) in [5, 5.41) is 4.46. The number of aryl methyl sites for hydroxylation is 1. The smallest absolute Gasteiger partial charge is 0.253 e. The molecule has 0 bridgehead atoms. The standard InChI is InChI=1S/C20H19FN2O2/c1-12-3-4-15-11-16(20(25)23-18(15)13(12)2)9-10-22-19(24)14-5-7-17(21)8-6-14/h3-8,11,16H,9-10H2,1-2H3,(H,22,24). The molecule has 4 nitrogen and oxygen atoms in total. The lowest BCUT2D eigenvalue weighted by Crippen LogP contribution is -2.37. The van der Waals surface area contributed by atoms with Crippen molar-refractivity contribution in [1.29, 1.82) is 0 Å². The Kier molecular flexibility index (Phi) is 4.74. The molecule has 25 heavy (non-hydrogen) atoms. The fourth-order valence-electron chi connectivity index (χ4n) is 2.84. The van der Waals surface area contributed by atoms with Crippen molar-refractivity contribution in [2.45, 2.75) is 20.3 Å². The van der Waals surface area contributed by atoms with E-state index in [1.54, 1.807) is 0 Å². The maximum atomic E-state index is 12.9. The molecule has 1 aliphatic heterocycles. The van der Waals surface area contributed by atoms with Gasteiger partial charge in [-0.25, -0.2) is 9.38 Å². The number of carbonyl (C=O) groups excluding carboxylic acids is 2. The first-order valence-corrected chi connectivity index (χ1v) is 8.20. The predicted octanol–water partition coefficient (Wildman–Crippen LogP) is 1.82. The molecule has 0 spiro atoms. The van der Waals surface area contributed by atoms with Crippen LogP contribution in [0.2, 0.25) is 0 Å². The van der Waals surface area contributed by atoms with Gasteiger partial charge < -0.3 is 5.32 Å². The van der Waals surface area contributed by atoms with E-state index < -0.39 is 0 Å². The fourth-order valence-corrected chi connectivity index (χ4v) is 2.84. The van der Waals surface area contributed by atoms with Crippen LogP contribution in [0.3, 0.4) is 0 Å². The van der Waals surface area contributed by atoms with Crippen molar-refractivity contribution >= 4 is 17.9 Å². The van der Waals surface area contributed by atoms with E-state index in [0.29, 0.717) is 18.5 Å². The Morgan fingerprint density at radius 2 is 1.88 bits per heavy atom. The van der Waals surface area contributed by atoms with Crippen LogP contribution in [0.25, 0.3) is 6.08 Å². The Hall–Kier alpha value is -2.82. The highest BCUT2D eigenvalue weighted by molar-refractivity contribution is 5.94. The van der Waals surface area contributed by atoms with Crippen LogP contribution in [0.5, 0.6) is 0 Å². The molecule has 0 radical (unpaired) electrons. The van der Waals surface area contributed by atoms with Gasteiger partial charge in [-0.2, -0.15) is 0 Å². The van der Waals surface area contributed by atoms with E-state index in [9.17, 15) is 14.0 Å². The number of benzene rings is 2. The quantitative estimate of drug-likeness (QED) is 0.924. The maximum Gasteiger partial charge on any atom is 0.253 e. The van der Waals surface area contributed by atoms with Gasteiger partial charge in [0, 0.05) is 12.1 Å². The summed E-state index contributed by atoms with van der Waals surface area (Å²) >= 11 is 0. The third-order valence-corrected chi connectivity index (χ3v) is 4.50. The molecule has 1 atom stereocenters. The van der Waals surface area contributed by atoms with E-state index in [2.05, 4.69) is 10.3 Å². The number of nitrogens with one attached hydrogen (secondary N) is 1. The van der Waals surface area contributed by atoms with Crippen LogP contribution >= 0.6 is 0 Å². The maximum absolute atomic E-state index is 12.9. The normalized spacial score (nSPS) is 15.8. The zero-order valence-corrected chi connectivity index (χ0v) is 14.2. The Morgan fingerprint density at radius 3 is 2.60 bits per heavy atom. The second kappa shape index (κ2) is 6.97. The summed E-state index contributed by atoms with van der Waals surface area (Å²) in [7, 11) is 0. The van der Waals surface area contributed by atoms with Crippen molar-refractivity contribution in [3.63, 3.8) is 0 Å². The SMILES string of the molecule is Cc1ccc2c(c1C)=NC(=O)C(CCNC(=O)c1ccc(F)cc1)C=2. The zero-order valence-electron chi connectivity index (χ0n) is 14.2. The van der Waals surface area contributed by atoms with Gasteiger partial charge in [-0.05, 0) is 60.9 Å².